The van der Waals surface area contributed by atoms with Crippen LogP contribution in [0.3, 0.4) is 0 Å². The zero-order chi connectivity index (χ0) is 14.8. The van der Waals surface area contributed by atoms with E-state index in [1.54, 1.807) is 12.4 Å². The molecule has 2 heterocycles. The Morgan fingerprint density at radius 2 is 2.05 bits per heavy atom. The number of aliphatic hydroxyl groups excluding tert-OH is 1. The highest BCUT2D eigenvalue weighted by atomic mass is 16.3. The van der Waals surface area contributed by atoms with E-state index in [2.05, 4.69) is 4.98 Å². The minimum Gasteiger partial charge on any atom is -0.396 e. The molecule has 1 N–H and O–H groups in total. The summed E-state index contributed by atoms with van der Waals surface area (Å²) in [6, 6.07) is 3.96. The van der Waals surface area contributed by atoms with Gasteiger partial charge in [-0.2, -0.15) is 0 Å². The Kier molecular flexibility index (Phi) is 4.43. The van der Waals surface area contributed by atoms with E-state index in [1.165, 1.54) is 0 Å². The van der Waals surface area contributed by atoms with Crippen molar-refractivity contribution in [3.63, 3.8) is 0 Å². The van der Waals surface area contributed by atoms with Crippen LogP contribution < -0.4 is 0 Å². The maximum absolute atomic E-state index is 12.6. The number of nitrogens with zero attached hydrogens (tertiary/aromatic N) is 2. The molecule has 20 heavy (non-hydrogen) atoms. The maximum atomic E-state index is 12.6. The van der Waals surface area contributed by atoms with Crippen LogP contribution in [0.25, 0.3) is 0 Å². The fourth-order valence-corrected chi connectivity index (χ4v) is 2.79. The van der Waals surface area contributed by atoms with Crippen molar-refractivity contribution in [1.82, 2.24) is 9.88 Å². The molecule has 0 aliphatic carbocycles. The molecule has 1 fully saturated rings. The number of amides is 1. The zero-order valence-corrected chi connectivity index (χ0v) is 12.5. The van der Waals surface area contributed by atoms with Crippen LogP contribution in [-0.2, 0) is 4.79 Å². The molecule has 110 valence electrons. The highest BCUT2D eigenvalue weighted by Crippen LogP contribution is 2.35. The first-order valence-electron chi connectivity index (χ1n) is 7.29. The van der Waals surface area contributed by atoms with E-state index in [0.717, 1.165) is 12.0 Å². The predicted octanol–water partition coefficient (Wildman–Crippen LogP) is 2.05. The molecule has 1 amide bonds. The monoisotopic (exact) mass is 276 g/mol. The summed E-state index contributed by atoms with van der Waals surface area (Å²) in [4.78, 5) is 18.5. The van der Waals surface area contributed by atoms with Crippen molar-refractivity contribution in [2.45, 2.75) is 33.1 Å². The van der Waals surface area contributed by atoms with Crippen LogP contribution in [0, 0.1) is 11.3 Å². The summed E-state index contributed by atoms with van der Waals surface area (Å²) in [5.74, 6) is 0.517. The largest absolute Gasteiger partial charge is 0.396 e. The number of aromatic nitrogens is 1. The number of carbonyl (C=O) groups excluding carboxylic acids is 1. The lowest BCUT2D eigenvalue weighted by molar-refractivity contribution is -0.139. The van der Waals surface area contributed by atoms with E-state index in [4.69, 9.17) is 0 Å². The second-order valence-electron chi connectivity index (χ2n) is 6.28. The molecule has 0 unspecified atom stereocenters. The molecule has 0 bridgehead atoms. The van der Waals surface area contributed by atoms with Crippen LogP contribution in [0.1, 0.15) is 38.7 Å². The lowest BCUT2D eigenvalue weighted by Gasteiger charge is -2.28. The Morgan fingerprint density at radius 3 is 2.60 bits per heavy atom. The van der Waals surface area contributed by atoms with Crippen LogP contribution in [0.4, 0.5) is 0 Å². The smallest absolute Gasteiger partial charge is 0.228 e. The first kappa shape index (κ1) is 15.0. The van der Waals surface area contributed by atoms with Crippen molar-refractivity contribution in [2.75, 3.05) is 19.7 Å². The molecule has 4 heteroatoms. The van der Waals surface area contributed by atoms with Gasteiger partial charge in [0, 0.05) is 49.3 Å². The molecule has 1 aliphatic heterocycles. The molecule has 0 saturated carbocycles. The van der Waals surface area contributed by atoms with Crippen molar-refractivity contribution >= 4 is 5.91 Å². The van der Waals surface area contributed by atoms with Crippen molar-refractivity contribution in [3.8, 4) is 0 Å². The second-order valence-corrected chi connectivity index (χ2v) is 6.28. The molecule has 2 rings (SSSR count). The maximum Gasteiger partial charge on any atom is 0.228 e. The minimum absolute atomic E-state index is 0.114. The predicted molar refractivity (Wildman–Crippen MR) is 78.2 cm³/mol. The first-order chi connectivity index (χ1) is 9.49. The van der Waals surface area contributed by atoms with Crippen molar-refractivity contribution in [2.24, 2.45) is 11.3 Å². The van der Waals surface area contributed by atoms with E-state index in [0.29, 0.717) is 13.1 Å². The van der Waals surface area contributed by atoms with Gasteiger partial charge in [-0.3, -0.25) is 9.78 Å². The Balaban J connectivity index is 2.16. The summed E-state index contributed by atoms with van der Waals surface area (Å²) >= 11 is 0. The normalized spacial score (nSPS) is 23.1. The van der Waals surface area contributed by atoms with Gasteiger partial charge in [-0.25, -0.2) is 0 Å². The molecule has 0 spiro atoms. The summed E-state index contributed by atoms with van der Waals surface area (Å²) in [5.41, 5.74) is 0.830. The summed E-state index contributed by atoms with van der Waals surface area (Å²) in [6.45, 7) is 7.47. The molecule has 4 nitrogen and oxygen atoms in total. The molecule has 1 aromatic rings. The van der Waals surface area contributed by atoms with Crippen LogP contribution in [0.5, 0.6) is 0 Å². The number of likely N-dealkylation sites (tertiary alicyclic amines) is 1. The fraction of sp³-hybridized carbons (Fsp3) is 0.625. The van der Waals surface area contributed by atoms with Gasteiger partial charge in [0.15, 0.2) is 0 Å². The van der Waals surface area contributed by atoms with E-state index in [1.807, 2.05) is 37.8 Å². The van der Waals surface area contributed by atoms with E-state index < -0.39 is 0 Å². The van der Waals surface area contributed by atoms with Crippen LogP contribution in [0.2, 0.25) is 0 Å². The van der Waals surface area contributed by atoms with Crippen LogP contribution in [-0.4, -0.2) is 40.6 Å². The average molecular weight is 276 g/mol. The zero-order valence-electron chi connectivity index (χ0n) is 12.5. The standard InChI is InChI=1S/C16H24N2O2/c1-4-16(2,3)15(20)18-9-13(11-19)14(10-18)12-5-7-17-8-6-12/h5-8,13-14,19H,4,9-11H2,1-3H3/t13-,14-/m0/s1. The summed E-state index contributed by atoms with van der Waals surface area (Å²) in [5, 5.41) is 9.60. The number of hydrogen-bond donors (Lipinski definition) is 1. The molecule has 0 radical (unpaired) electrons. The highest BCUT2D eigenvalue weighted by molar-refractivity contribution is 5.82. The molecule has 1 aliphatic rings. The first-order valence-corrected chi connectivity index (χ1v) is 7.29. The molecule has 2 atom stereocenters. The molecular weight excluding hydrogens is 252 g/mol. The molecule has 0 aromatic carbocycles. The number of pyridine rings is 1. The van der Waals surface area contributed by atoms with E-state index in [9.17, 15) is 9.90 Å². The molecular formula is C16H24N2O2. The quantitative estimate of drug-likeness (QED) is 0.915. The van der Waals surface area contributed by atoms with Gasteiger partial charge in [0.25, 0.3) is 0 Å². The third kappa shape index (κ3) is 2.85. The van der Waals surface area contributed by atoms with Gasteiger partial charge < -0.3 is 10.0 Å². The number of hydrogen-bond acceptors (Lipinski definition) is 3. The Bertz CT molecular complexity index is 459. The van der Waals surface area contributed by atoms with Gasteiger partial charge in [-0.1, -0.05) is 20.8 Å². The Labute approximate surface area is 120 Å². The average Bonchev–Trinajstić information content (AvgIpc) is 2.91. The summed E-state index contributed by atoms with van der Waals surface area (Å²) in [6.07, 6.45) is 4.36. The highest BCUT2D eigenvalue weighted by Gasteiger charge is 2.39. The number of rotatable bonds is 4. The topological polar surface area (TPSA) is 53.4 Å². The van der Waals surface area contributed by atoms with Gasteiger partial charge in [0.2, 0.25) is 5.91 Å². The third-order valence-corrected chi connectivity index (χ3v) is 4.56. The minimum atomic E-state index is -0.326. The second kappa shape index (κ2) is 5.92. The number of aliphatic hydroxyl groups is 1. The SMILES string of the molecule is CCC(C)(C)C(=O)N1C[C@@H](CO)[C@H](c2ccncc2)C1. The fourth-order valence-electron chi connectivity index (χ4n) is 2.79. The van der Waals surface area contributed by atoms with Crippen molar-refractivity contribution < 1.29 is 9.90 Å². The Hall–Kier alpha value is -1.42. The van der Waals surface area contributed by atoms with Gasteiger partial charge in [-0.05, 0) is 24.1 Å². The lowest BCUT2D eigenvalue weighted by Crippen LogP contribution is -2.39. The van der Waals surface area contributed by atoms with E-state index >= 15 is 0 Å². The summed E-state index contributed by atoms with van der Waals surface area (Å²) in [7, 11) is 0. The molecule has 1 saturated heterocycles. The van der Waals surface area contributed by atoms with Crippen LogP contribution >= 0.6 is 0 Å². The third-order valence-electron chi connectivity index (χ3n) is 4.56. The number of carbonyl (C=O) groups is 1. The Morgan fingerprint density at radius 1 is 1.40 bits per heavy atom. The van der Waals surface area contributed by atoms with Gasteiger partial charge >= 0.3 is 0 Å². The van der Waals surface area contributed by atoms with Crippen LogP contribution in [0.15, 0.2) is 24.5 Å². The van der Waals surface area contributed by atoms with Crippen molar-refractivity contribution in [3.05, 3.63) is 30.1 Å². The molecule has 1 aromatic heterocycles. The van der Waals surface area contributed by atoms with Gasteiger partial charge in [-0.15, -0.1) is 0 Å². The van der Waals surface area contributed by atoms with Gasteiger partial charge in [0.1, 0.15) is 0 Å². The van der Waals surface area contributed by atoms with E-state index in [-0.39, 0.29) is 29.8 Å². The van der Waals surface area contributed by atoms with Gasteiger partial charge in [0.05, 0.1) is 0 Å². The van der Waals surface area contributed by atoms with Crippen molar-refractivity contribution in [1.29, 1.82) is 0 Å². The lowest BCUT2D eigenvalue weighted by atomic mass is 9.88. The summed E-state index contributed by atoms with van der Waals surface area (Å²) < 4.78 is 0.